The smallest absolute Gasteiger partial charge is 0.240 e. The zero-order valence-corrected chi connectivity index (χ0v) is 17.6. The molecule has 0 aliphatic rings. The first-order valence-corrected chi connectivity index (χ1v) is 9.14. The van der Waals surface area contributed by atoms with E-state index in [1.54, 1.807) is 31.3 Å². The average Bonchev–Trinajstić information content (AvgIpc) is 2.63. The molecule has 0 fully saturated rings. The van der Waals surface area contributed by atoms with Crippen LogP contribution in [0.15, 0.2) is 58.4 Å². The highest BCUT2D eigenvalue weighted by Gasteiger charge is 2.11. The van der Waals surface area contributed by atoms with Crippen LogP contribution in [0.3, 0.4) is 0 Å². The Kier molecular flexibility index (Phi) is 8.96. The minimum Gasteiger partial charge on any atom is -0.352 e. The number of nitrogens with one attached hydrogen (secondary N) is 3. The molecule has 2 aromatic carbocycles. The largest absolute Gasteiger partial charge is 0.352 e. The summed E-state index contributed by atoms with van der Waals surface area (Å²) in [6.07, 6.45) is 0. The maximum absolute atomic E-state index is 12.9. The topological polar surface area (TPSA) is 82.6 Å². The van der Waals surface area contributed by atoms with Gasteiger partial charge in [-0.3, -0.25) is 4.99 Å². The van der Waals surface area contributed by atoms with Crippen molar-refractivity contribution in [2.24, 2.45) is 4.99 Å². The molecule has 0 aromatic heterocycles. The Labute approximate surface area is 170 Å². The number of rotatable bonds is 6. The van der Waals surface area contributed by atoms with Gasteiger partial charge in [0.05, 0.1) is 4.90 Å². The second-order valence-corrected chi connectivity index (χ2v) is 7.15. The normalized spacial score (nSPS) is 11.6. The summed E-state index contributed by atoms with van der Waals surface area (Å²) in [6, 6.07) is 12.9. The molecule has 26 heavy (non-hydrogen) atoms. The van der Waals surface area contributed by atoms with E-state index >= 15 is 0 Å². The molecule has 0 spiro atoms. The Balaban J connectivity index is 0.00000338. The van der Waals surface area contributed by atoms with Crippen molar-refractivity contribution in [2.75, 3.05) is 14.1 Å². The Hall–Kier alpha value is -1.72. The fraction of sp³-hybridized carbons (Fsp3) is 0.235. The summed E-state index contributed by atoms with van der Waals surface area (Å²) in [7, 11) is -0.452. The standard InChI is InChI=1S/C17H21FN4O2S.HI/c1-19-17(21-11-13-6-8-15(18)9-7-13)22-12-14-4-3-5-16(10-14)25(23,24)20-2;/h3-10,20H,11-12H2,1-2H3,(H2,19,21,22);1H. The van der Waals surface area contributed by atoms with Crippen molar-refractivity contribution in [1.29, 1.82) is 0 Å². The number of halogens is 2. The molecule has 6 nitrogen and oxygen atoms in total. The Morgan fingerprint density at radius 1 is 1.04 bits per heavy atom. The maximum Gasteiger partial charge on any atom is 0.240 e. The number of hydrogen-bond donors (Lipinski definition) is 3. The van der Waals surface area contributed by atoms with Crippen molar-refractivity contribution >= 4 is 40.0 Å². The van der Waals surface area contributed by atoms with Gasteiger partial charge in [0, 0.05) is 20.1 Å². The van der Waals surface area contributed by atoms with Gasteiger partial charge in [0.2, 0.25) is 10.0 Å². The molecule has 0 amide bonds. The van der Waals surface area contributed by atoms with Gasteiger partial charge in [-0.05, 0) is 42.4 Å². The van der Waals surface area contributed by atoms with E-state index in [0.717, 1.165) is 11.1 Å². The molecule has 2 aromatic rings. The third kappa shape index (κ3) is 6.54. The predicted molar refractivity (Wildman–Crippen MR) is 112 cm³/mol. The van der Waals surface area contributed by atoms with Crippen molar-refractivity contribution in [1.82, 2.24) is 15.4 Å². The molecule has 9 heteroatoms. The molecule has 2 rings (SSSR count). The number of nitrogens with zero attached hydrogens (tertiary/aromatic N) is 1. The Bertz CT molecular complexity index is 842. The first-order chi connectivity index (χ1) is 11.9. The van der Waals surface area contributed by atoms with Gasteiger partial charge in [-0.1, -0.05) is 24.3 Å². The van der Waals surface area contributed by atoms with Crippen LogP contribution in [0.4, 0.5) is 4.39 Å². The zero-order chi connectivity index (χ0) is 18.3. The van der Waals surface area contributed by atoms with Crippen molar-refractivity contribution < 1.29 is 12.8 Å². The van der Waals surface area contributed by atoms with E-state index in [2.05, 4.69) is 20.3 Å². The van der Waals surface area contributed by atoms with Crippen LogP contribution in [0.1, 0.15) is 11.1 Å². The van der Waals surface area contributed by atoms with Crippen molar-refractivity contribution in [3.8, 4) is 0 Å². The zero-order valence-electron chi connectivity index (χ0n) is 14.5. The quantitative estimate of drug-likeness (QED) is 0.328. The van der Waals surface area contributed by atoms with Crippen LogP contribution in [0.25, 0.3) is 0 Å². The van der Waals surface area contributed by atoms with Crippen molar-refractivity contribution in [3.63, 3.8) is 0 Å². The highest BCUT2D eigenvalue weighted by Crippen LogP contribution is 2.11. The molecule has 0 unspecified atom stereocenters. The van der Waals surface area contributed by atoms with E-state index in [0.29, 0.717) is 19.0 Å². The number of guanidine groups is 1. The van der Waals surface area contributed by atoms with Gasteiger partial charge in [0.1, 0.15) is 5.82 Å². The second-order valence-electron chi connectivity index (χ2n) is 5.26. The van der Waals surface area contributed by atoms with Gasteiger partial charge in [-0.25, -0.2) is 17.5 Å². The lowest BCUT2D eigenvalue weighted by Gasteiger charge is -2.12. The molecule has 3 N–H and O–H groups in total. The van der Waals surface area contributed by atoms with Gasteiger partial charge in [0.15, 0.2) is 5.96 Å². The molecule has 0 heterocycles. The second kappa shape index (κ2) is 10.4. The summed E-state index contributed by atoms with van der Waals surface area (Å²) < 4.78 is 38.9. The molecule has 0 aliphatic heterocycles. The first kappa shape index (κ1) is 22.3. The fourth-order valence-electron chi connectivity index (χ4n) is 2.13. The van der Waals surface area contributed by atoms with Crippen LogP contribution in [0, 0.1) is 5.82 Å². The number of benzene rings is 2. The number of sulfonamides is 1. The first-order valence-electron chi connectivity index (χ1n) is 7.66. The summed E-state index contributed by atoms with van der Waals surface area (Å²) >= 11 is 0. The molecule has 0 radical (unpaired) electrons. The van der Waals surface area contributed by atoms with Gasteiger partial charge in [-0.15, -0.1) is 24.0 Å². The number of hydrogen-bond acceptors (Lipinski definition) is 3. The van der Waals surface area contributed by atoms with Crippen LogP contribution >= 0.6 is 24.0 Å². The molecular formula is C17H22FIN4O2S. The van der Waals surface area contributed by atoms with Gasteiger partial charge < -0.3 is 10.6 Å². The molecule has 0 saturated carbocycles. The fourth-order valence-corrected chi connectivity index (χ4v) is 2.93. The number of aliphatic imine (C=N–C) groups is 1. The van der Waals surface area contributed by atoms with Crippen LogP contribution in [-0.2, 0) is 23.1 Å². The average molecular weight is 492 g/mol. The van der Waals surface area contributed by atoms with E-state index in [-0.39, 0.29) is 34.7 Å². The van der Waals surface area contributed by atoms with Gasteiger partial charge in [0.25, 0.3) is 0 Å². The highest BCUT2D eigenvalue weighted by molar-refractivity contribution is 14.0. The minimum atomic E-state index is -3.47. The van der Waals surface area contributed by atoms with E-state index < -0.39 is 10.0 Å². The molecule has 0 aliphatic carbocycles. The predicted octanol–water partition coefficient (Wildman–Crippen LogP) is 2.22. The van der Waals surface area contributed by atoms with Crippen molar-refractivity contribution in [3.05, 3.63) is 65.5 Å². The van der Waals surface area contributed by atoms with Gasteiger partial charge in [-0.2, -0.15) is 0 Å². The third-order valence-electron chi connectivity index (χ3n) is 3.53. The summed E-state index contributed by atoms with van der Waals surface area (Å²) in [6.45, 7) is 0.907. The molecular weight excluding hydrogens is 470 g/mol. The molecule has 142 valence electrons. The van der Waals surface area contributed by atoms with Crippen LogP contribution < -0.4 is 15.4 Å². The Morgan fingerprint density at radius 2 is 1.65 bits per heavy atom. The monoisotopic (exact) mass is 492 g/mol. The van der Waals surface area contributed by atoms with E-state index in [4.69, 9.17) is 0 Å². The van der Waals surface area contributed by atoms with Crippen LogP contribution in [0.2, 0.25) is 0 Å². The lowest BCUT2D eigenvalue weighted by Crippen LogP contribution is -2.36. The third-order valence-corrected chi connectivity index (χ3v) is 4.95. The van der Waals surface area contributed by atoms with E-state index in [1.165, 1.54) is 25.2 Å². The lowest BCUT2D eigenvalue weighted by molar-refractivity contribution is 0.588. The lowest BCUT2D eigenvalue weighted by atomic mass is 10.2. The maximum atomic E-state index is 12.9. The Morgan fingerprint density at radius 3 is 2.23 bits per heavy atom. The highest BCUT2D eigenvalue weighted by atomic mass is 127. The van der Waals surface area contributed by atoms with Crippen LogP contribution in [-0.4, -0.2) is 28.5 Å². The summed E-state index contributed by atoms with van der Waals surface area (Å²) in [4.78, 5) is 4.32. The van der Waals surface area contributed by atoms with Crippen LogP contribution in [0.5, 0.6) is 0 Å². The van der Waals surface area contributed by atoms with Gasteiger partial charge >= 0.3 is 0 Å². The molecule has 0 saturated heterocycles. The van der Waals surface area contributed by atoms with E-state index in [9.17, 15) is 12.8 Å². The van der Waals surface area contributed by atoms with Crippen molar-refractivity contribution in [2.45, 2.75) is 18.0 Å². The summed E-state index contributed by atoms with van der Waals surface area (Å²) in [5.74, 6) is 0.286. The summed E-state index contributed by atoms with van der Waals surface area (Å²) in [5.41, 5.74) is 1.73. The summed E-state index contributed by atoms with van der Waals surface area (Å²) in [5, 5.41) is 6.23. The SMILES string of the molecule is CN=C(NCc1ccc(F)cc1)NCc1cccc(S(=O)(=O)NC)c1.I. The molecule has 0 atom stereocenters. The minimum absolute atomic E-state index is 0. The van der Waals surface area contributed by atoms with E-state index in [1.807, 2.05) is 6.07 Å². The molecule has 0 bridgehead atoms.